The normalized spacial score (nSPS) is 12.3. The van der Waals surface area contributed by atoms with E-state index in [1.165, 1.54) is 11.1 Å². The third-order valence-corrected chi connectivity index (χ3v) is 3.27. The number of halogens is 2. The Hall–Kier alpha value is -0.120. The lowest BCUT2D eigenvalue weighted by atomic mass is 10.0. The lowest BCUT2D eigenvalue weighted by Crippen LogP contribution is -2.20. The Morgan fingerprint density at radius 1 is 1.24 bits per heavy atom. The molecular weight excluding hydrogens is 342 g/mol. The topological polar surface area (TPSA) is 12.0 Å². The van der Waals surface area contributed by atoms with Crippen molar-refractivity contribution in [2.24, 2.45) is 0 Å². The van der Waals surface area contributed by atoms with E-state index in [0.717, 1.165) is 21.9 Å². The van der Waals surface area contributed by atoms with Crippen molar-refractivity contribution in [1.82, 2.24) is 5.32 Å². The number of hydrogen-bond donors (Lipinski definition) is 1. The van der Waals surface area contributed by atoms with Crippen LogP contribution in [0.4, 0.5) is 0 Å². The van der Waals surface area contributed by atoms with E-state index in [0.29, 0.717) is 0 Å². The first-order valence-electron chi connectivity index (χ1n) is 5.87. The molecule has 1 aromatic rings. The van der Waals surface area contributed by atoms with Gasteiger partial charge in [0.15, 0.2) is 0 Å². The molecule has 1 rings (SSSR count). The number of allylic oxidation sites excluding steroid dienone is 1. The first kappa shape index (κ1) is 14.9. The van der Waals surface area contributed by atoms with Crippen LogP contribution >= 0.6 is 31.9 Å². The molecule has 1 nitrogen and oxygen atoms in total. The molecule has 0 bridgehead atoms. The van der Waals surface area contributed by atoms with Gasteiger partial charge in [-0.25, -0.2) is 0 Å². The first-order chi connectivity index (χ1) is 8.02. The van der Waals surface area contributed by atoms with E-state index in [-0.39, 0.29) is 6.04 Å². The lowest BCUT2D eigenvalue weighted by molar-refractivity contribution is 0.610. The minimum Gasteiger partial charge on any atom is -0.307 e. The number of nitrogens with one attached hydrogen (secondary N) is 1. The maximum atomic E-state index is 3.55. The third-order valence-electron chi connectivity index (χ3n) is 2.36. The summed E-state index contributed by atoms with van der Waals surface area (Å²) in [5.41, 5.74) is 2.61. The Kier molecular flexibility index (Phi) is 6.45. The van der Waals surface area contributed by atoms with Crippen molar-refractivity contribution in [2.75, 3.05) is 6.54 Å². The lowest BCUT2D eigenvalue weighted by Gasteiger charge is -2.17. The van der Waals surface area contributed by atoms with Gasteiger partial charge >= 0.3 is 0 Å². The van der Waals surface area contributed by atoms with E-state index < -0.39 is 0 Å². The average molecular weight is 361 g/mol. The predicted molar refractivity (Wildman–Crippen MR) is 82.3 cm³/mol. The zero-order chi connectivity index (χ0) is 12.8. The third kappa shape index (κ3) is 5.36. The Balaban J connectivity index is 2.99. The molecule has 0 aliphatic carbocycles. The zero-order valence-electron chi connectivity index (χ0n) is 10.6. The summed E-state index contributed by atoms with van der Waals surface area (Å²) in [4.78, 5) is 0. The van der Waals surface area contributed by atoms with Crippen LogP contribution in [0, 0.1) is 0 Å². The van der Waals surface area contributed by atoms with Crippen molar-refractivity contribution in [3.8, 4) is 0 Å². The molecule has 3 heteroatoms. The molecule has 0 spiro atoms. The van der Waals surface area contributed by atoms with Crippen LogP contribution in [-0.4, -0.2) is 6.54 Å². The van der Waals surface area contributed by atoms with Gasteiger partial charge in [0.25, 0.3) is 0 Å². The summed E-state index contributed by atoms with van der Waals surface area (Å²) in [6.07, 6.45) is 3.41. The second-order valence-electron chi connectivity index (χ2n) is 4.38. The summed E-state index contributed by atoms with van der Waals surface area (Å²) >= 11 is 7.07. The fourth-order valence-electron chi connectivity index (χ4n) is 1.66. The van der Waals surface area contributed by atoms with Gasteiger partial charge in [-0.05, 0) is 50.6 Å². The average Bonchev–Trinajstić information content (AvgIpc) is 2.22. The molecule has 0 heterocycles. The molecule has 1 N–H and O–H groups in total. The first-order valence-corrected chi connectivity index (χ1v) is 7.46. The molecule has 1 aromatic carbocycles. The van der Waals surface area contributed by atoms with Gasteiger partial charge < -0.3 is 5.32 Å². The van der Waals surface area contributed by atoms with Crippen LogP contribution in [0.15, 0.2) is 38.8 Å². The summed E-state index contributed by atoms with van der Waals surface area (Å²) in [6, 6.07) is 6.67. The molecule has 0 aliphatic heterocycles. The highest BCUT2D eigenvalue weighted by molar-refractivity contribution is 9.11. The van der Waals surface area contributed by atoms with E-state index in [2.05, 4.69) is 82.2 Å². The molecule has 0 aromatic heterocycles. The highest BCUT2D eigenvalue weighted by Gasteiger charge is 2.09. The Bertz CT molecular complexity index is 375. The monoisotopic (exact) mass is 359 g/mol. The molecule has 0 fully saturated rings. The highest BCUT2D eigenvalue weighted by atomic mass is 79.9. The molecule has 0 saturated heterocycles. The van der Waals surface area contributed by atoms with Gasteiger partial charge in [0, 0.05) is 8.95 Å². The maximum absolute atomic E-state index is 3.55. The van der Waals surface area contributed by atoms with Crippen molar-refractivity contribution in [3.63, 3.8) is 0 Å². The van der Waals surface area contributed by atoms with Gasteiger partial charge in [0.1, 0.15) is 0 Å². The SMILES string of the molecule is CCCNC(C=C(C)C)c1cc(Br)cc(Br)c1. The van der Waals surface area contributed by atoms with Gasteiger partial charge in [0.2, 0.25) is 0 Å². The fraction of sp³-hybridized carbons (Fsp3) is 0.429. The van der Waals surface area contributed by atoms with Crippen molar-refractivity contribution in [1.29, 1.82) is 0 Å². The molecule has 1 atom stereocenters. The van der Waals surface area contributed by atoms with Crippen molar-refractivity contribution in [2.45, 2.75) is 33.2 Å². The fourth-order valence-corrected chi connectivity index (χ4v) is 2.99. The molecule has 94 valence electrons. The standard InChI is InChI=1S/C14H19Br2N/c1-4-5-17-14(6-10(2)3)11-7-12(15)9-13(16)8-11/h6-9,14,17H,4-5H2,1-3H3. The van der Waals surface area contributed by atoms with Crippen LogP contribution in [0.3, 0.4) is 0 Å². The summed E-state index contributed by atoms with van der Waals surface area (Å²) < 4.78 is 2.21. The van der Waals surface area contributed by atoms with Crippen LogP contribution in [0.2, 0.25) is 0 Å². The molecule has 0 radical (unpaired) electrons. The van der Waals surface area contributed by atoms with Crippen LogP contribution in [0.25, 0.3) is 0 Å². The smallest absolute Gasteiger partial charge is 0.0509 e. The Morgan fingerprint density at radius 3 is 2.29 bits per heavy atom. The summed E-state index contributed by atoms with van der Waals surface area (Å²) in [6.45, 7) is 7.48. The van der Waals surface area contributed by atoms with Gasteiger partial charge in [-0.15, -0.1) is 0 Å². The quantitative estimate of drug-likeness (QED) is 0.710. The number of benzene rings is 1. The molecule has 0 amide bonds. The Labute approximate surface area is 121 Å². The molecule has 0 aliphatic rings. The van der Waals surface area contributed by atoms with Gasteiger partial charge in [0.05, 0.1) is 6.04 Å². The van der Waals surface area contributed by atoms with Crippen LogP contribution in [-0.2, 0) is 0 Å². The van der Waals surface area contributed by atoms with E-state index in [4.69, 9.17) is 0 Å². The molecule has 1 unspecified atom stereocenters. The largest absolute Gasteiger partial charge is 0.307 e. The van der Waals surface area contributed by atoms with Crippen molar-refractivity contribution < 1.29 is 0 Å². The van der Waals surface area contributed by atoms with Crippen LogP contribution in [0.5, 0.6) is 0 Å². The van der Waals surface area contributed by atoms with E-state index in [1.807, 2.05) is 0 Å². The molecular formula is C14H19Br2N. The summed E-state index contributed by atoms with van der Waals surface area (Å²) in [5, 5.41) is 3.55. The van der Waals surface area contributed by atoms with Crippen LogP contribution in [0.1, 0.15) is 38.8 Å². The van der Waals surface area contributed by atoms with Gasteiger partial charge in [-0.2, -0.15) is 0 Å². The summed E-state index contributed by atoms with van der Waals surface area (Å²) in [7, 11) is 0. The minimum atomic E-state index is 0.286. The van der Waals surface area contributed by atoms with Crippen molar-refractivity contribution in [3.05, 3.63) is 44.4 Å². The summed E-state index contributed by atoms with van der Waals surface area (Å²) in [5.74, 6) is 0. The minimum absolute atomic E-state index is 0.286. The second kappa shape index (κ2) is 7.34. The Morgan fingerprint density at radius 2 is 1.82 bits per heavy atom. The second-order valence-corrected chi connectivity index (χ2v) is 6.21. The number of rotatable bonds is 5. The van der Waals surface area contributed by atoms with E-state index in [1.54, 1.807) is 0 Å². The van der Waals surface area contributed by atoms with Gasteiger partial charge in [-0.1, -0.05) is 50.4 Å². The molecule has 0 saturated carbocycles. The predicted octanol–water partition coefficient (Wildman–Crippen LogP) is 5.22. The van der Waals surface area contributed by atoms with Crippen molar-refractivity contribution >= 4 is 31.9 Å². The number of hydrogen-bond acceptors (Lipinski definition) is 1. The molecule has 17 heavy (non-hydrogen) atoms. The van der Waals surface area contributed by atoms with E-state index in [9.17, 15) is 0 Å². The maximum Gasteiger partial charge on any atom is 0.0509 e. The zero-order valence-corrected chi connectivity index (χ0v) is 13.7. The van der Waals surface area contributed by atoms with Crippen LogP contribution < -0.4 is 5.32 Å². The highest BCUT2D eigenvalue weighted by Crippen LogP contribution is 2.25. The van der Waals surface area contributed by atoms with Gasteiger partial charge in [-0.3, -0.25) is 0 Å². The van der Waals surface area contributed by atoms with E-state index >= 15 is 0 Å².